The minimum absolute atomic E-state index is 0.00980. The highest BCUT2D eigenvalue weighted by Gasteiger charge is 2.51. The summed E-state index contributed by atoms with van der Waals surface area (Å²) < 4.78 is 20.0. The molecule has 0 radical (unpaired) electrons. The molecule has 0 aliphatic carbocycles. The highest BCUT2D eigenvalue weighted by molar-refractivity contribution is 9.10. The van der Waals surface area contributed by atoms with Crippen molar-refractivity contribution in [2.24, 2.45) is 5.41 Å². The molecule has 2 bridgehead atoms. The number of rotatable bonds is 2. The highest BCUT2D eigenvalue weighted by atomic mass is 79.9. The number of ether oxygens (including phenoxy) is 1. The molecule has 0 spiro atoms. The number of hydrogen-bond donors (Lipinski definition) is 0. The van der Waals surface area contributed by atoms with Gasteiger partial charge in [-0.2, -0.15) is 5.26 Å². The van der Waals surface area contributed by atoms with E-state index in [2.05, 4.69) is 22.0 Å². The zero-order valence-electron chi connectivity index (χ0n) is 15.4. The van der Waals surface area contributed by atoms with Crippen molar-refractivity contribution in [2.45, 2.75) is 70.6 Å². The van der Waals surface area contributed by atoms with E-state index in [1.54, 1.807) is 6.07 Å². The molecule has 3 atom stereocenters. The molecule has 140 valence electrons. The fourth-order valence-electron chi connectivity index (χ4n) is 4.28. The van der Waals surface area contributed by atoms with Gasteiger partial charge in [0.1, 0.15) is 11.4 Å². The Morgan fingerprint density at radius 2 is 2.00 bits per heavy atom. The Labute approximate surface area is 162 Å². The molecule has 0 aromatic heterocycles. The van der Waals surface area contributed by atoms with Gasteiger partial charge in [0.2, 0.25) is 0 Å². The Balaban J connectivity index is 1.80. The van der Waals surface area contributed by atoms with Crippen LogP contribution >= 0.6 is 15.9 Å². The number of halogens is 2. The van der Waals surface area contributed by atoms with Crippen molar-refractivity contribution in [3.05, 3.63) is 34.1 Å². The number of nitrogens with zero attached hydrogens (tertiary/aromatic N) is 2. The first-order valence-corrected chi connectivity index (χ1v) is 9.78. The number of benzene rings is 1. The van der Waals surface area contributed by atoms with E-state index in [0.717, 1.165) is 22.9 Å². The fourth-order valence-corrected chi connectivity index (χ4v) is 4.67. The van der Waals surface area contributed by atoms with Gasteiger partial charge in [-0.25, -0.2) is 9.18 Å². The molecule has 2 heterocycles. The summed E-state index contributed by atoms with van der Waals surface area (Å²) in [5.41, 5.74) is -0.315. The molecule has 0 saturated carbocycles. The smallest absolute Gasteiger partial charge is 0.410 e. The molecule has 26 heavy (non-hydrogen) atoms. The van der Waals surface area contributed by atoms with Crippen LogP contribution in [-0.4, -0.2) is 28.7 Å². The van der Waals surface area contributed by atoms with Crippen molar-refractivity contribution >= 4 is 22.0 Å². The third-order valence-corrected chi connectivity index (χ3v) is 6.02. The molecule has 2 aliphatic rings. The molecule has 0 N–H and O–H groups in total. The van der Waals surface area contributed by atoms with Crippen LogP contribution in [0.3, 0.4) is 0 Å². The number of piperidine rings is 1. The topological polar surface area (TPSA) is 53.3 Å². The Bertz CT molecular complexity index is 739. The number of carbonyl (C=O) groups is 1. The van der Waals surface area contributed by atoms with Gasteiger partial charge in [-0.05, 0) is 76.6 Å². The monoisotopic (exact) mass is 422 g/mol. The predicted octanol–water partition coefficient (Wildman–Crippen LogP) is 5.20. The van der Waals surface area contributed by atoms with Crippen LogP contribution in [0.1, 0.15) is 52.0 Å². The summed E-state index contributed by atoms with van der Waals surface area (Å²) in [6.07, 6.45) is 3.17. The van der Waals surface area contributed by atoms with E-state index in [-0.39, 0.29) is 24.0 Å². The molecule has 3 rings (SSSR count). The van der Waals surface area contributed by atoms with E-state index >= 15 is 0 Å². The van der Waals surface area contributed by atoms with Gasteiger partial charge in [-0.3, -0.25) is 0 Å². The maximum absolute atomic E-state index is 13.6. The molecule has 2 saturated heterocycles. The first kappa shape index (κ1) is 19.2. The summed E-state index contributed by atoms with van der Waals surface area (Å²) in [5, 5.41) is 9.94. The summed E-state index contributed by atoms with van der Waals surface area (Å²) in [7, 11) is 0. The molecule has 1 amide bonds. The van der Waals surface area contributed by atoms with Crippen LogP contribution in [-0.2, 0) is 11.2 Å². The quantitative estimate of drug-likeness (QED) is 0.657. The van der Waals surface area contributed by atoms with Crippen LogP contribution in [0.4, 0.5) is 9.18 Å². The van der Waals surface area contributed by atoms with Crippen LogP contribution in [0, 0.1) is 22.6 Å². The van der Waals surface area contributed by atoms with Gasteiger partial charge < -0.3 is 9.64 Å². The second kappa shape index (κ2) is 6.84. The Morgan fingerprint density at radius 1 is 1.38 bits per heavy atom. The summed E-state index contributed by atoms with van der Waals surface area (Å²) >= 11 is 3.46. The summed E-state index contributed by atoms with van der Waals surface area (Å²) in [6, 6.07) is 7.10. The van der Waals surface area contributed by atoms with E-state index in [9.17, 15) is 14.4 Å². The standard InChI is InChI=1S/C20H24BrFN2O2/c1-19(2,3)26-18(25)24-15-5-6-16(24)11-20(10-15,12-23)9-13-8-14(22)4-7-17(13)21/h4,7-8,15-16H,5-6,9-11H2,1-3H3/t15-,16+,20?. The van der Waals surface area contributed by atoms with Crippen LogP contribution in [0.2, 0.25) is 0 Å². The van der Waals surface area contributed by atoms with Crippen molar-refractivity contribution in [2.75, 3.05) is 0 Å². The lowest BCUT2D eigenvalue weighted by Crippen LogP contribution is -2.52. The lowest BCUT2D eigenvalue weighted by Gasteiger charge is -2.43. The SMILES string of the molecule is CC(C)(C)OC(=O)N1[C@@H]2CC[C@H]1CC(C#N)(Cc1cc(F)ccc1Br)C2. The Hall–Kier alpha value is -1.61. The van der Waals surface area contributed by atoms with Crippen molar-refractivity contribution in [1.82, 2.24) is 4.90 Å². The minimum Gasteiger partial charge on any atom is -0.444 e. The maximum Gasteiger partial charge on any atom is 0.410 e. The molecular weight excluding hydrogens is 399 g/mol. The Kier molecular flexibility index (Phi) is 5.04. The molecule has 1 aromatic carbocycles. The number of carbonyl (C=O) groups excluding carboxylic acids is 1. The van der Waals surface area contributed by atoms with E-state index in [1.165, 1.54) is 12.1 Å². The van der Waals surface area contributed by atoms with Gasteiger partial charge in [-0.1, -0.05) is 15.9 Å². The third-order valence-electron chi connectivity index (χ3n) is 5.25. The van der Waals surface area contributed by atoms with Crippen LogP contribution < -0.4 is 0 Å². The van der Waals surface area contributed by atoms with Gasteiger partial charge >= 0.3 is 6.09 Å². The molecule has 1 unspecified atom stereocenters. The van der Waals surface area contributed by atoms with Gasteiger partial charge in [0.15, 0.2) is 0 Å². The average molecular weight is 423 g/mol. The van der Waals surface area contributed by atoms with E-state index in [1.807, 2.05) is 25.7 Å². The van der Waals surface area contributed by atoms with Crippen LogP contribution in [0.15, 0.2) is 22.7 Å². The van der Waals surface area contributed by atoms with Crippen molar-refractivity contribution in [3.63, 3.8) is 0 Å². The van der Waals surface area contributed by atoms with Gasteiger partial charge in [-0.15, -0.1) is 0 Å². The average Bonchev–Trinajstić information content (AvgIpc) is 2.82. The third kappa shape index (κ3) is 3.88. The molecular formula is C20H24BrFN2O2. The van der Waals surface area contributed by atoms with Crippen LogP contribution in [0.25, 0.3) is 0 Å². The first-order valence-electron chi connectivity index (χ1n) is 8.99. The summed E-state index contributed by atoms with van der Waals surface area (Å²) in [6.45, 7) is 5.58. The molecule has 1 aromatic rings. The normalized spacial score (nSPS) is 27.9. The number of nitriles is 1. The van der Waals surface area contributed by atoms with E-state index in [0.29, 0.717) is 19.3 Å². The highest BCUT2D eigenvalue weighted by Crippen LogP contribution is 2.48. The van der Waals surface area contributed by atoms with Gasteiger partial charge in [0.25, 0.3) is 0 Å². The first-order chi connectivity index (χ1) is 12.1. The number of amides is 1. The van der Waals surface area contributed by atoms with E-state index < -0.39 is 11.0 Å². The largest absolute Gasteiger partial charge is 0.444 e. The molecule has 6 heteroatoms. The molecule has 2 fully saturated rings. The Morgan fingerprint density at radius 3 is 2.54 bits per heavy atom. The molecule has 2 aliphatic heterocycles. The van der Waals surface area contributed by atoms with Gasteiger partial charge in [0.05, 0.1) is 11.5 Å². The van der Waals surface area contributed by atoms with E-state index in [4.69, 9.17) is 4.74 Å². The minimum atomic E-state index is -0.583. The molecule has 4 nitrogen and oxygen atoms in total. The van der Waals surface area contributed by atoms with Crippen molar-refractivity contribution < 1.29 is 13.9 Å². The second-order valence-electron chi connectivity index (χ2n) is 8.49. The number of hydrogen-bond acceptors (Lipinski definition) is 3. The summed E-state index contributed by atoms with van der Waals surface area (Å²) in [4.78, 5) is 14.4. The lowest BCUT2D eigenvalue weighted by atomic mass is 9.72. The van der Waals surface area contributed by atoms with Crippen molar-refractivity contribution in [3.8, 4) is 6.07 Å². The zero-order valence-corrected chi connectivity index (χ0v) is 17.0. The maximum atomic E-state index is 13.6. The predicted molar refractivity (Wildman–Crippen MR) is 100.0 cm³/mol. The zero-order chi connectivity index (χ0) is 19.1. The van der Waals surface area contributed by atoms with Gasteiger partial charge in [0, 0.05) is 16.6 Å². The van der Waals surface area contributed by atoms with Crippen LogP contribution in [0.5, 0.6) is 0 Å². The number of fused-ring (bicyclic) bond motifs is 2. The summed E-state index contributed by atoms with van der Waals surface area (Å²) in [5.74, 6) is -0.301. The fraction of sp³-hybridized carbons (Fsp3) is 0.600. The second-order valence-corrected chi connectivity index (χ2v) is 9.34. The lowest BCUT2D eigenvalue weighted by molar-refractivity contribution is -0.00414. The van der Waals surface area contributed by atoms with Crippen molar-refractivity contribution in [1.29, 1.82) is 5.26 Å².